The first-order valence-corrected chi connectivity index (χ1v) is 11.7. The molecule has 0 unspecified atom stereocenters. The van der Waals surface area contributed by atoms with Crippen LogP contribution in [0.15, 0.2) is 60.8 Å². The number of ether oxygens (including phenoxy) is 1. The molecule has 0 spiro atoms. The molecule has 0 saturated heterocycles. The lowest BCUT2D eigenvalue weighted by molar-refractivity contribution is -0.137. The van der Waals surface area contributed by atoms with Gasteiger partial charge in [-0.05, 0) is 84.0 Å². The molecule has 0 aliphatic heterocycles. The maximum absolute atomic E-state index is 14.6. The van der Waals surface area contributed by atoms with Gasteiger partial charge in [0.25, 0.3) is 0 Å². The zero-order valence-electron chi connectivity index (χ0n) is 19.2. The fraction of sp³-hybridized carbons (Fsp3) is 0.280. The van der Waals surface area contributed by atoms with Crippen molar-refractivity contribution in [3.05, 3.63) is 92.6 Å². The second-order valence-corrected chi connectivity index (χ2v) is 9.48. The van der Waals surface area contributed by atoms with Crippen LogP contribution in [-0.2, 0) is 18.1 Å². The number of aromatic nitrogens is 1. The maximum atomic E-state index is 14.6. The number of hydrogen-bond acceptors (Lipinski definition) is 3. The molecule has 10 heteroatoms. The van der Waals surface area contributed by atoms with Gasteiger partial charge in [0.2, 0.25) is 0 Å². The summed E-state index contributed by atoms with van der Waals surface area (Å²) >= 11 is 2.05. The van der Waals surface area contributed by atoms with Crippen LogP contribution in [0.5, 0.6) is 5.75 Å². The van der Waals surface area contributed by atoms with Crippen molar-refractivity contribution >= 4 is 28.6 Å². The number of nitrogens with zero attached hydrogens (tertiary/aromatic N) is 1. The Morgan fingerprint density at radius 1 is 1.09 bits per heavy atom. The second kappa shape index (κ2) is 10.8. The van der Waals surface area contributed by atoms with Crippen molar-refractivity contribution in [2.75, 3.05) is 7.11 Å². The maximum Gasteiger partial charge on any atom is 0.416 e. The number of alkyl halides is 3. The quantitative estimate of drug-likeness (QED) is 0.256. The molecule has 1 aromatic heterocycles. The van der Waals surface area contributed by atoms with Crippen molar-refractivity contribution in [3.8, 4) is 5.75 Å². The molecule has 0 fully saturated rings. The molecule has 0 bridgehead atoms. The Morgan fingerprint density at radius 2 is 1.77 bits per heavy atom. The largest absolute Gasteiger partial charge is 0.496 e. The first-order valence-electron chi connectivity index (χ1n) is 10.7. The van der Waals surface area contributed by atoms with E-state index in [1.165, 1.54) is 13.3 Å². The number of benzene rings is 2. The summed E-state index contributed by atoms with van der Waals surface area (Å²) in [6.45, 7) is 3.49. The van der Waals surface area contributed by atoms with Crippen LogP contribution >= 0.6 is 22.6 Å². The van der Waals surface area contributed by atoms with E-state index >= 15 is 0 Å². The summed E-state index contributed by atoms with van der Waals surface area (Å²) in [5, 5.41) is 5.51. The summed E-state index contributed by atoms with van der Waals surface area (Å²) in [4.78, 5) is 17.4. The summed E-state index contributed by atoms with van der Waals surface area (Å²) in [6.07, 6.45) is -3.33. The molecule has 186 valence electrons. The van der Waals surface area contributed by atoms with Crippen molar-refractivity contribution in [2.24, 2.45) is 0 Å². The molecular weight excluding hydrogens is 577 g/mol. The SMILES string of the molecule is COc1ccccc1C[C@](NC(=O)NC(C)C)(c1cc(F)cc(C(F)(F)F)c1)c1ccc(I)cn1. The van der Waals surface area contributed by atoms with Crippen molar-refractivity contribution in [2.45, 2.75) is 38.0 Å². The highest BCUT2D eigenvalue weighted by molar-refractivity contribution is 14.1. The number of para-hydroxylation sites is 1. The van der Waals surface area contributed by atoms with Gasteiger partial charge in [0.05, 0.1) is 18.4 Å². The average molecular weight is 601 g/mol. The smallest absolute Gasteiger partial charge is 0.416 e. The molecule has 5 nitrogen and oxygen atoms in total. The lowest BCUT2D eigenvalue weighted by atomic mass is 9.79. The zero-order valence-corrected chi connectivity index (χ0v) is 21.4. The van der Waals surface area contributed by atoms with E-state index in [4.69, 9.17) is 4.74 Å². The number of urea groups is 1. The predicted molar refractivity (Wildman–Crippen MR) is 133 cm³/mol. The molecule has 0 aliphatic carbocycles. The van der Waals surface area contributed by atoms with Crippen LogP contribution in [-0.4, -0.2) is 24.2 Å². The molecule has 3 rings (SSSR count). The topological polar surface area (TPSA) is 63.2 Å². The Morgan fingerprint density at radius 3 is 2.37 bits per heavy atom. The Balaban J connectivity index is 2.34. The molecule has 3 aromatic rings. The molecule has 2 aromatic carbocycles. The monoisotopic (exact) mass is 601 g/mol. The number of hydrogen-bond donors (Lipinski definition) is 2. The molecule has 1 heterocycles. The summed E-state index contributed by atoms with van der Waals surface area (Å²) in [5.74, 6) is -0.628. The van der Waals surface area contributed by atoms with Crippen LogP contribution in [0.2, 0.25) is 0 Å². The van der Waals surface area contributed by atoms with Gasteiger partial charge in [0.15, 0.2) is 0 Å². The number of nitrogens with one attached hydrogen (secondary N) is 2. The summed E-state index contributed by atoms with van der Waals surface area (Å²) in [7, 11) is 1.46. The normalized spacial score (nSPS) is 13.3. The number of halogens is 5. The van der Waals surface area contributed by atoms with Crippen molar-refractivity contribution < 1.29 is 27.1 Å². The predicted octanol–water partition coefficient (Wildman–Crippen LogP) is 6.05. The van der Waals surface area contributed by atoms with Gasteiger partial charge in [-0.2, -0.15) is 13.2 Å². The van der Waals surface area contributed by atoms with Gasteiger partial charge in [0, 0.05) is 22.2 Å². The van der Waals surface area contributed by atoms with E-state index in [0.717, 1.165) is 15.7 Å². The lowest BCUT2D eigenvalue weighted by Crippen LogP contribution is -2.53. The van der Waals surface area contributed by atoms with E-state index in [1.54, 1.807) is 50.2 Å². The minimum atomic E-state index is -4.80. The Hall–Kier alpha value is -2.89. The fourth-order valence-corrected chi connectivity index (χ4v) is 4.09. The third kappa shape index (κ3) is 6.41. The van der Waals surface area contributed by atoms with Crippen LogP contribution in [0.4, 0.5) is 22.4 Å². The van der Waals surface area contributed by atoms with Gasteiger partial charge in [-0.25, -0.2) is 9.18 Å². The van der Waals surface area contributed by atoms with Gasteiger partial charge in [-0.1, -0.05) is 18.2 Å². The lowest BCUT2D eigenvalue weighted by Gasteiger charge is -2.36. The van der Waals surface area contributed by atoms with Gasteiger partial charge >= 0.3 is 12.2 Å². The van der Waals surface area contributed by atoms with Gasteiger partial charge in [-0.15, -0.1) is 0 Å². The average Bonchev–Trinajstić information content (AvgIpc) is 2.78. The second-order valence-electron chi connectivity index (χ2n) is 8.24. The van der Waals surface area contributed by atoms with Crippen LogP contribution in [0, 0.1) is 9.39 Å². The standard InChI is InChI=1S/C25H24F4IN3O2/c1-15(2)32-23(34)33-24(22-9-8-20(30)14-31-22,13-16-6-4-5-7-21(16)35-3)17-10-18(25(27,28)29)12-19(26)11-17/h4-12,14-15H,13H2,1-3H3,(H2,32,33,34)/t24-/m0/s1. The summed E-state index contributed by atoms with van der Waals surface area (Å²) in [5.41, 5.74) is -2.13. The number of rotatable bonds is 7. The van der Waals surface area contributed by atoms with Crippen molar-refractivity contribution in [1.29, 1.82) is 0 Å². The Kier molecular flexibility index (Phi) is 8.24. The van der Waals surface area contributed by atoms with E-state index in [2.05, 4.69) is 15.6 Å². The number of carbonyl (C=O) groups excluding carboxylic acids is 1. The van der Waals surface area contributed by atoms with Gasteiger partial charge in [0.1, 0.15) is 17.1 Å². The Labute approximate surface area is 214 Å². The third-order valence-corrected chi connectivity index (χ3v) is 5.92. The number of methoxy groups -OCH3 is 1. The van der Waals surface area contributed by atoms with Crippen LogP contribution in [0.3, 0.4) is 0 Å². The molecule has 0 aliphatic rings. The number of amides is 2. The van der Waals surface area contributed by atoms with E-state index in [1.807, 2.05) is 22.6 Å². The van der Waals surface area contributed by atoms with Gasteiger partial charge < -0.3 is 15.4 Å². The molecular formula is C25H24F4IN3O2. The fourth-order valence-electron chi connectivity index (χ4n) is 3.78. The zero-order chi connectivity index (χ0) is 25.8. The highest BCUT2D eigenvalue weighted by Gasteiger charge is 2.41. The van der Waals surface area contributed by atoms with Crippen molar-refractivity contribution in [3.63, 3.8) is 0 Å². The Bertz CT molecular complexity index is 1190. The minimum Gasteiger partial charge on any atom is -0.496 e. The first kappa shape index (κ1) is 26.7. The highest BCUT2D eigenvalue weighted by atomic mass is 127. The van der Waals surface area contributed by atoms with Crippen LogP contribution in [0.1, 0.15) is 36.2 Å². The molecule has 2 amide bonds. The van der Waals surface area contributed by atoms with Crippen molar-refractivity contribution in [1.82, 2.24) is 15.6 Å². The minimum absolute atomic E-state index is 0.0587. The van der Waals surface area contributed by atoms with E-state index < -0.39 is 29.1 Å². The first-order chi connectivity index (χ1) is 16.4. The highest BCUT2D eigenvalue weighted by Crippen LogP contribution is 2.39. The van der Waals surface area contributed by atoms with E-state index in [9.17, 15) is 22.4 Å². The summed E-state index contributed by atoms with van der Waals surface area (Å²) in [6, 6.07) is 11.6. The molecule has 0 saturated carbocycles. The molecule has 2 N–H and O–H groups in total. The summed E-state index contributed by atoms with van der Waals surface area (Å²) < 4.78 is 61.9. The third-order valence-electron chi connectivity index (χ3n) is 5.28. The molecule has 35 heavy (non-hydrogen) atoms. The van der Waals surface area contributed by atoms with Crippen LogP contribution < -0.4 is 15.4 Å². The van der Waals surface area contributed by atoms with Gasteiger partial charge in [-0.3, -0.25) is 4.98 Å². The van der Waals surface area contributed by atoms with Crippen LogP contribution in [0.25, 0.3) is 0 Å². The van der Waals surface area contributed by atoms with E-state index in [0.29, 0.717) is 17.4 Å². The number of pyridine rings is 1. The number of carbonyl (C=O) groups is 1. The molecule has 0 radical (unpaired) electrons. The molecule has 1 atom stereocenters. The van der Waals surface area contributed by atoms with E-state index in [-0.39, 0.29) is 23.7 Å².